The van der Waals surface area contributed by atoms with Gasteiger partial charge < -0.3 is 9.80 Å². The minimum Gasteiger partial charge on any atom is -0.376 e. The predicted molar refractivity (Wildman–Crippen MR) is 87.2 cm³/mol. The van der Waals surface area contributed by atoms with E-state index in [0.717, 1.165) is 16.9 Å². The van der Waals surface area contributed by atoms with E-state index >= 15 is 0 Å². The number of carbonyl (C=O) groups is 1. The third kappa shape index (κ3) is 3.12. The molecule has 0 bridgehead atoms. The summed E-state index contributed by atoms with van der Waals surface area (Å²) in [6.07, 6.45) is 0. The molecule has 0 aliphatic rings. The highest BCUT2D eigenvalue weighted by atomic mass is 16.1. The Labute approximate surface area is 123 Å². The maximum absolute atomic E-state index is 12.7. The van der Waals surface area contributed by atoms with Crippen molar-refractivity contribution < 1.29 is 4.79 Å². The summed E-state index contributed by atoms with van der Waals surface area (Å²) in [6.45, 7) is 3.90. The number of carbonyl (C=O) groups excluding carboxylic acids is 1. The molecule has 1 aromatic rings. The number of nitrogens with zero attached hydrogens (tertiary/aromatic N) is 3. The van der Waals surface area contributed by atoms with Gasteiger partial charge in [0.05, 0.1) is 16.9 Å². The number of rotatable bonds is 5. The predicted octanol–water partition coefficient (Wildman–Crippen LogP) is 2.34. The summed E-state index contributed by atoms with van der Waals surface area (Å²) in [5.74, 6) is 0.135. The number of Topliss-reactive ketones (excluding diaryl/α,β-unsaturated/α-hetero) is 1. The van der Waals surface area contributed by atoms with Gasteiger partial charge in [-0.25, -0.2) is 0 Å². The van der Waals surface area contributed by atoms with Crippen molar-refractivity contribution in [1.82, 2.24) is 4.90 Å². The molecule has 0 fully saturated rings. The van der Waals surface area contributed by atoms with Crippen LogP contribution in [-0.2, 0) is 0 Å². The van der Waals surface area contributed by atoms with Crippen molar-refractivity contribution in [2.45, 2.75) is 19.4 Å². The van der Waals surface area contributed by atoms with Gasteiger partial charge in [-0.3, -0.25) is 9.69 Å². The molecule has 0 atom stereocenters. The molecule has 1 rings (SSSR count). The van der Waals surface area contributed by atoms with E-state index in [2.05, 4.69) is 4.90 Å². The van der Waals surface area contributed by atoms with Gasteiger partial charge in [-0.05, 0) is 46.1 Å². The molecule has 4 heteroatoms. The van der Waals surface area contributed by atoms with Crippen LogP contribution in [0, 0.1) is 0 Å². The summed E-state index contributed by atoms with van der Waals surface area (Å²) in [5, 5.41) is 0. The second-order valence-electron chi connectivity index (χ2n) is 6.27. The molecule has 0 amide bonds. The van der Waals surface area contributed by atoms with Crippen molar-refractivity contribution in [3.05, 3.63) is 23.8 Å². The summed E-state index contributed by atoms with van der Waals surface area (Å²) in [6, 6.07) is 5.90. The molecule has 4 nitrogen and oxygen atoms in total. The Morgan fingerprint density at radius 3 is 1.80 bits per heavy atom. The molecular weight excluding hydrogens is 250 g/mol. The lowest BCUT2D eigenvalue weighted by atomic mass is 9.91. The molecular formula is C16H27N3O. The van der Waals surface area contributed by atoms with E-state index in [1.54, 1.807) is 0 Å². The average molecular weight is 277 g/mol. The van der Waals surface area contributed by atoms with Crippen LogP contribution in [0.3, 0.4) is 0 Å². The molecule has 0 aromatic heterocycles. The zero-order chi connectivity index (χ0) is 15.7. The lowest BCUT2D eigenvalue weighted by Crippen LogP contribution is -2.45. The van der Waals surface area contributed by atoms with Gasteiger partial charge in [0.1, 0.15) is 0 Å². The molecule has 112 valence electrons. The number of anilines is 2. The fourth-order valence-corrected chi connectivity index (χ4v) is 1.96. The first-order valence-corrected chi connectivity index (χ1v) is 6.80. The lowest BCUT2D eigenvalue weighted by molar-refractivity contribution is 0.0755. The van der Waals surface area contributed by atoms with Crippen LogP contribution in [0.2, 0.25) is 0 Å². The Morgan fingerprint density at radius 1 is 0.900 bits per heavy atom. The Balaban J connectivity index is 3.29. The lowest BCUT2D eigenvalue weighted by Gasteiger charge is -2.31. The number of hydrogen-bond acceptors (Lipinski definition) is 4. The van der Waals surface area contributed by atoms with Gasteiger partial charge in [0.25, 0.3) is 0 Å². The highest BCUT2D eigenvalue weighted by Gasteiger charge is 2.31. The van der Waals surface area contributed by atoms with Crippen molar-refractivity contribution in [2.75, 3.05) is 52.1 Å². The third-order valence-electron chi connectivity index (χ3n) is 3.87. The van der Waals surface area contributed by atoms with Gasteiger partial charge in [0.2, 0.25) is 0 Å². The van der Waals surface area contributed by atoms with E-state index in [9.17, 15) is 4.79 Å². The quantitative estimate of drug-likeness (QED) is 0.772. The largest absolute Gasteiger partial charge is 0.376 e. The van der Waals surface area contributed by atoms with Gasteiger partial charge >= 0.3 is 0 Å². The van der Waals surface area contributed by atoms with E-state index in [1.807, 2.05) is 84.1 Å². The molecule has 0 aliphatic heterocycles. The molecule has 0 heterocycles. The van der Waals surface area contributed by atoms with Crippen molar-refractivity contribution in [3.8, 4) is 0 Å². The topological polar surface area (TPSA) is 26.8 Å². The highest BCUT2D eigenvalue weighted by molar-refractivity contribution is 6.04. The van der Waals surface area contributed by atoms with E-state index in [4.69, 9.17) is 0 Å². The maximum atomic E-state index is 12.7. The number of ketones is 1. The van der Waals surface area contributed by atoms with Gasteiger partial charge in [0, 0.05) is 33.8 Å². The number of hydrogen-bond donors (Lipinski definition) is 0. The molecule has 0 unspecified atom stereocenters. The normalized spacial score (nSPS) is 11.7. The minimum atomic E-state index is -0.511. The molecule has 0 saturated carbocycles. The molecule has 0 spiro atoms. The zero-order valence-corrected chi connectivity index (χ0v) is 14.0. The second-order valence-corrected chi connectivity index (χ2v) is 6.27. The summed E-state index contributed by atoms with van der Waals surface area (Å²) in [7, 11) is 11.9. The Bertz CT molecular complexity index is 490. The highest BCUT2D eigenvalue weighted by Crippen LogP contribution is 2.29. The molecule has 0 saturated heterocycles. The van der Waals surface area contributed by atoms with Crippen molar-refractivity contribution in [1.29, 1.82) is 0 Å². The zero-order valence-electron chi connectivity index (χ0n) is 14.0. The number of likely N-dealkylation sites (N-methyl/N-ethyl adjacent to an activating group) is 1. The molecule has 20 heavy (non-hydrogen) atoms. The molecule has 0 N–H and O–H groups in total. The van der Waals surface area contributed by atoms with Crippen molar-refractivity contribution >= 4 is 17.2 Å². The van der Waals surface area contributed by atoms with Crippen LogP contribution in [-0.4, -0.2) is 58.5 Å². The molecule has 0 aliphatic carbocycles. The van der Waals surface area contributed by atoms with Gasteiger partial charge in [-0.1, -0.05) is 0 Å². The van der Waals surface area contributed by atoms with Crippen LogP contribution in [0.15, 0.2) is 18.2 Å². The van der Waals surface area contributed by atoms with E-state index < -0.39 is 5.54 Å². The average Bonchev–Trinajstić information content (AvgIpc) is 2.36. The number of benzene rings is 1. The Hall–Kier alpha value is -1.55. The van der Waals surface area contributed by atoms with Crippen LogP contribution in [0.5, 0.6) is 0 Å². The van der Waals surface area contributed by atoms with Gasteiger partial charge in [-0.15, -0.1) is 0 Å². The third-order valence-corrected chi connectivity index (χ3v) is 3.87. The summed E-state index contributed by atoms with van der Waals surface area (Å²) >= 11 is 0. The standard InChI is InChI=1S/C16H27N3O/c1-16(2,19(7)8)15(20)12-9-10-13(17(3)4)14(11-12)18(5)6/h9-11H,1-8H3. The smallest absolute Gasteiger partial charge is 0.182 e. The summed E-state index contributed by atoms with van der Waals surface area (Å²) in [4.78, 5) is 18.7. The summed E-state index contributed by atoms with van der Waals surface area (Å²) in [5.41, 5.74) is 2.39. The van der Waals surface area contributed by atoms with Gasteiger partial charge in [-0.2, -0.15) is 0 Å². The SMILES string of the molecule is CN(C)c1ccc(C(=O)C(C)(C)N(C)C)cc1N(C)C. The van der Waals surface area contributed by atoms with Crippen LogP contribution >= 0.6 is 0 Å². The minimum absolute atomic E-state index is 0.135. The van der Waals surface area contributed by atoms with Crippen LogP contribution in [0.25, 0.3) is 0 Å². The second kappa shape index (κ2) is 5.83. The molecule has 0 radical (unpaired) electrons. The van der Waals surface area contributed by atoms with E-state index in [0.29, 0.717) is 0 Å². The fourth-order valence-electron chi connectivity index (χ4n) is 1.96. The molecule has 1 aromatic carbocycles. The van der Waals surface area contributed by atoms with Crippen molar-refractivity contribution in [2.24, 2.45) is 0 Å². The Morgan fingerprint density at radius 2 is 1.40 bits per heavy atom. The monoisotopic (exact) mass is 277 g/mol. The fraction of sp³-hybridized carbons (Fsp3) is 0.562. The summed E-state index contributed by atoms with van der Waals surface area (Å²) < 4.78 is 0. The van der Waals surface area contributed by atoms with E-state index in [-0.39, 0.29) is 5.78 Å². The Kier molecular flexibility index (Phi) is 4.81. The first kappa shape index (κ1) is 16.5. The maximum Gasteiger partial charge on any atom is 0.182 e. The van der Waals surface area contributed by atoms with Crippen LogP contribution < -0.4 is 9.80 Å². The van der Waals surface area contributed by atoms with Gasteiger partial charge in [0.15, 0.2) is 5.78 Å². The van der Waals surface area contributed by atoms with E-state index in [1.165, 1.54) is 0 Å². The first-order valence-electron chi connectivity index (χ1n) is 6.80. The van der Waals surface area contributed by atoms with Crippen molar-refractivity contribution in [3.63, 3.8) is 0 Å². The van der Waals surface area contributed by atoms with Crippen LogP contribution in [0.1, 0.15) is 24.2 Å². The van der Waals surface area contributed by atoms with Crippen LogP contribution in [0.4, 0.5) is 11.4 Å². The first-order chi connectivity index (χ1) is 9.09.